The fourth-order valence-corrected chi connectivity index (χ4v) is 13.3. The molecule has 264 valence electrons. The number of nitrogens with zero attached hydrogens (tertiary/aromatic N) is 1. The number of anilines is 3. The maximum atomic E-state index is 7.02. The van der Waals surface area contributed by atoms with Crippen molar-refractivity contribution >= 4 is 103 Å². The first-order valence-electron chi connectivity index (χ1n) is 20.2. The van der Waals surface area contributed by atoms with Gasteiger partial charge in [0.15, 0.2) is 0 Å². The van der Waals surface area contributed by atoms with E-state index in [0.717, 1.165) is 34.6 Å². The predicted octanol–water partition coefficient (Wildman–Crippen LogP) is 15.4. The van der Waals surface area contributed by atoms with Crippen molar-refractivity contribution in [1.82, 2.24) is 0 Å². The summed E-state index contributed by atoms with van der Waals surface area (Å²) in [6, 6.07) is 54.6. The second kappa shape index (κ2) is 11.2. The van der Waals surface area contributed by atoms with Crippen molar-refractivity contribution in [3.05, 3.63) is 151 Å². The van der Waals surface area contributed by atoms with Gasteiger partial charge in [0, 0.05) is 52.8 Å². The van der Waals surface area contributed by atoms with Crippen molar-refractivity contribution in [2.45, 2.75) is 43.9 Å². The van der Waals surface area contributed by atoms with Crippen molar-refractivity contribution in [2.24, 2.45) is 17.8 Å². The Morgan fingerprint density at radius 2 is 1.11 bits per heavy atom. The first kappa shape index (κ1) is 30.7. The minimum absolute atomic E-state index is 0.246. The van der Waals surface area contributed by atoms with Gasteiger partial charge in [0.1, 0.15) is 11.2 Å². The molecule has 3 heteroatoms. The SMILES string of the molecule is c1ccc2c(c1)cc(N(c1ccc3sc4ccccc4c3c1)c1cc3c(oc4cccc(C56CC7CC(CC(C7)C5)C6)c43)c3ccccc13)c1ccccc12. The third kappa shape index (κ3) is 4.36. The van der Waals surface area contributed by atoms with E-state index in [4.69, 9.17) is 4.42 Å². The van der Waals surface area contributed by atoms with Crippen LogP contribution in [-0.2, 0) is 5.41 Å². The number of hydrogen-bond donors (Lipinski definition) is 0. The number of benzene rings is 8. The van der Waals surface area contributed by atoms with Gasteiger partial charge in [-0.15, -0.1) is 11.3 Å². The van der Waals surface area contributed by atoms with E-state index in [-0.39, 0.29) is 5.41 Å². The van der Waals surface area contributed by atoms with E-state index in [1.807, 2.05) is 11.3 Å². The molecule has 4 bridgehead atoms. The summed E-state index contributed by atoms with van der Waals surface area (Å²) in [5.74, 6) is 2.61. The first-order chi connectivity index (χ1) is 27.2. The number of fused-ring (bicyclic) bond motifs is 11. The van der Waals surface area contributed by atoms with Gasteiger partial charge < -0.3 is 9.32 Å². The topological polar surface area (TPSA) is 16.4 Å². The van der Waals surface area contributed by atoms with Crippen molar-refractivity contribution in [3.63, 3.8) is 0 Å². The van der Waals surface area contributed by atoms with Gasteiger partial charge in [-0.3, -0.25) is 0 Å². The fraction of sp³-hybridized carbons (Fsp3) is 0.192. The highest BCUT2D eigenvalue weighted by atomic mass is 32.1. The Kier molecular flexibility index (Phi) is 6.25. The highest BCUT2D eigenvalue weighted by molar-refractivity contribution is 7.25. The molecular formula is C52H39NOS. The van der Waals surface area contributed by atoms with Gasteiger partial charge in [0.2, 0.25) is 0 Å². The third-order valence-electron chi connectivity index (χ3n) is 13.9. The molecule has 2 nitrogen and oxygen atoms in total. The van der Waals surface area contributed by atoms with Gasteiger partial charge in [0.25, 0.3) is 0 Å². The van der Waals surface area contributed by atoms with E-state index < -0.39 is 0 Å². The van der Waals surface area contributed by atoms with Crippen LogP contribution in [0.2, 0.25) is 0 Å². The molecule has 4 aliphatic rings. The lowest BCUT2D eigenvalue weighted by Gasteiger charge is -2.57. The summed E-state index contributed by atoms with van der Waals surface area (Å²) in [6.45, 7) is 0. The molecule has 0 N–H and O–H groups in total. The first-order valence-corrected chi connectivity index (χ1v) is 21.0. The summed E-state index contributed by atoms with van der Waals surface area (Å²) in [4.78, 5) is 2.56. The molecule has 0 saturated heterocycles. The highest BCUT2D eigenvalue weighted by Gasteiger charge is 2.52. The largest absolute Gasteiger partial charge is 0.455 e. The molecule has 0 amide bonds. The molecule has 2 heterocycles. The molecule has 4 aliphatic carbocycles. The smallest absolute Gasteiger partial charge is 0.143 e. The van der Waals surface area contributed by atoms with Crippen LogP contribution in [0.1, 0.15) is 44.1 Å². The second-order valence-corrected chi connectivity index (χ2v) is 18.2. The monoisotopic (exact) mass is 725 g/mol. The molecule has 0 atom stereocenters. The van der Waals surface area contributed by atoms with Gasteiger partial charge in [-0.05, 0) is 126 Å². The lowest BCUT2D eigenvalue weighted by Crippen LogP contribution is -2.48. The number of furan rings is 1. The molecule has 4 fully saturated rings. The van der Waals surface area contributed by atoms with Crippen molar-refractivity contribution in [1.29, 1.82) is 0 Å². The predicted molar refractivity (Wildman–Crippen MR) is 234 cm³/mol. The second-order valence-electron chi connectivity index (χ2n) is 17.1. The number of hydrogen-bond acceptors (Lipinski definition) is 3. The zero-order valence-corrected chi connectivity index (χ0v) is 31.4. The molecule has 14 rings (SSSR count). The maximum absolute atomic E-state index is 7.02. The zero-order chi connectivity index (χ0) is 35.8. The van der Waals surface area contributed by atoms with Crippen LogP contribution in [-0.4, -0.2) is 0 Å². The number of thiophene rings is 1. The fourth-order valence-electron chi connectivity index (χ4n) is 12.2. The van der Waals surface area contributed by atoms with Crippen LogP contribution in [0.5, 0.6) is 0 Å². The Balaban J connectivity index is 1.15. The van der Waals surface area contributed by atoms with E-state index in [9.17, 15) is 0 Å². The van der Waals surface area contributed by atoms with Crippen molar-refractivity contribution < 1.29 is 4.42 Å². The van der Waals surface area contributed by atoms with E-state index in [2.05, 4.69) is 150 Å². The van der Waals surface area contributed by atoms with E-state index in [1.165, 1.54) is 119 Å². The minimum Gasteiger partial charge on any atom is -0.455 e. The standard InChI is InChI=1S/C52H39NOS/c1-2-11-36-34(10-1)25-45(38-13-4-3-12-37(36)38)53(35-20-21-49-42(26-35)40-15-7-8-19-48(40)55-49)46-27-43-50-44(52-28-31-22-32(29-52)24-33(23-31)30-52)17-9-18-47(50)54-51(43)41-16-6-5-14-39(41)46/h1-21,25-27,31-33H,22-24,28-30H2. The highest BCUT2D eigenvalue weighted by Crippen LogP contribution is 2.62. The average molecular weight is 726 g/mol. The molecule has 0 spiro atoms. The molecular weight excluding hydrogens is 687 g/mol. The summed E-state index contributed by atoms with van der Waals surface area (Å²) in [6.07, 6.45) is 8.30. The Bertz CT molecular complexity index is 3180. The molecule has 0 radical (unpaired) electrons. The molecule has 0 aliphatic heterocycles. The van der Waals surface area contributed by atoms with Crippen LogP contribution < -0.4 is 4.90 Å². The third-order valence-corrected chi connectivity index (χ3v) is 15.1. The molecule has 2 aromatic heterocycles. The van der Waals surface area contributed by atoms with E-state index in [1.54, 1.807) is 0 Å². The normalized spacial score (nSPS) is 22.0. The van der Waals surface area contributed by atoms with Crippen LogP contribution in [0.3, 0.4) is 0 Å². The quantitative estimate of drug-likeness (QED) is 0.168. The lowest BCUT2D eigenvalue weighted by atomic mass is 9.48. The average Bonchev–Trinajstić information content (AvgIpc) is 3.79. The molecule has 0 unspecified atom stereocenters. The Labute approximate surface area is 323 Å². The molecule has 4 saturated carbocycles. The summed E-state index contributed by atoms with van der Waals surface area (Å²) in [7, 11) is 0. The Hall–Kier alpha value is -5.64. The van der Waals surface area contributed by atoms with Gasteiger partial charge in [-0.25, -0.2) is 0 Å². The van der Waals surface area contributed by atoms with Crippen molar-refractivity contribution in [2.75, 3.05) is 4.90 Å². The molecule has 8 aromatic carbocycles. The summed E-state index contributed by atoms with van der Waals surface area (Å²) < 4.78 is 9.66. The zero-order valence-electron chi connectivity index (χ0n) is 30.6. The summed E-state index contributed by atoms with van der Waals surface area (Å²) in [5, 5.41) is 12.6. The van der Waals surface area contributed by atoms with Gasteiger partial charge in [-0.2, -0.15) is 0 Å². The molecule has 55 heavy (non-hydrogen) atoms. The number of rotatable bonds is 4. The van der Waals surface area contributed by atoms with E-state index in [0.29, 0.717) is 0 Å². The molecule has 10 aromatic rings. The summed E-state index contributed by atoms with van der Waals surface area (Å²) in [5.41, 5.74) is 7.36. The van der Waals surface area contributed by atoms with Crippen molar-refractivity contribution in [3.8, 4) is 0 Å². The Morgan fingerprint density at radius 1 is 0.491 bits per heavy atom. The van der Waals surface area contributed by atoms with Crippen LogP contribution >= 0.6 is 11.3 Å². The summed E-state index contributed by atoms with van der Waals surface area (Å²) >= 11 is 1.88. The van der Waals surface area contributed by atoms with Gasteiger partial charge >= 0.3 is 0 Å². The van der Waals surface area contributed by atoms with Crippen LogP contribution in [0.25, 0.3) is 74.4 Å². The van der Waals surface area contributed by atoms with Gasteiger partial charge in [-0.1, -0.05) is 103 Å². The van der Waals surface area contributed by atoms with Crippen LogP contribution in [0.4, 0.5) is 17.1 Å². The Morgan fingerprint density at radius 3 is 1.89 bits per heavy atom. The lowest BCUT2D eigenvalue weighted by molar-refractivity contribution is -0.00448. The van der Waals surface area contributed by atoms with Crippen LogP contribution in [0.15, 0.2) is 150 Å². The van der Waals surface area contributed by atoms with E-state index >= 15 is 0 Å². The van der Waals surface area contributed by atoms with Gasteiger partial charge in [0.05, 0.1) is 11.4 Å². The van der Waals surface area contributed by atoms with Crippen LogP contribution in [0, 0.1) is 17.8 Å². The minimum atomic E-state index is 0.246. The maximum Gasteiger partial charge on any atom is 0.143 e.